The van der Waals surface area contributed by atoms with Crippen LogP contribution in [0.15, 0.2) is 36.5 Å². The first-order valence-electron chi connectivity index (χ1n) is 7.38. The smallest absolute Gasteiger partial charge is 0.0839 e. The van der Waals surface area contributed by atoms with E-state index in [1.807, 2.05) is 24.4 Å². The average Bonchev–Trinajstić information content (AvgIpc) is 2.75. The molecule has 100 valence electrons. The molecule has 0 bridgehead atoms. The summed E-state index contributed by atoms with van der Waals surface area (Å²) >= 11 is 0. The van der Waals surface area contributed by atoms with E-state index in [1.54, 1.807) is 0 Å². The van der Waals surface area contributed by atoms with Crippen molar-refractivity contribution in [2.75, 3.05) is 0 Å². The van der Waals surface area contributed by atoms with Gasteiger partial charge in [-0.1, -0.05) is 49.9 Å². The molecular formula is C17H21NO. The van der Waals surface area contributed by atoms with Gasteiger partial charge in [-0.15, -0.1) is 0 Å². The van der Waals surface area contributed by atoms with E-state index in [2.05, 4.69) is 17.1 Å². The molecule has 3 rings (SSSR count). The Morgan fingerprint density at radius 3 is 2.53 bits per heavy atom. The maximum Gasteiger partial charge on any atom is 0.0839 e. The second-order valence-corrected chi connectivity index (χ2v) is 5.62. The van der Waals surface area contributed by atoms with Crippen molar-refractivity contribution < 1.29 is 5.11 Å². The van der Waals surface area contributed by atoms with Crippen molar-refractivity contribution in [3.05, 3.63) is 42.1 Å². The molecule has 0 spiro atoms. The highest BCUT2D eigenvalue weighted by Crippen LogP contribution is 2.35. The van der Waals surface area contributed by atoms with Crippen molar-refractivity contribution in [3.8, 4) is 0 Å². The molecule has 2 heteroatoms. The zero-order valence-electron chi connectivity index (χ0n) is 11.3. The molecule has 2 nitrogen and oxygen atoms in total. The van der Waals surface area contributed by atoms with E-state index in [9.17, 15) is 5.11 Å². The third-order valence-electron chi connectivity index (χ3n) is 4.33. The second kappa shape index (κ2) is 5.70. The van der Waals surface area contributed by atoms with Gasteiger partial charge in [-0.25, -0.2) is 0 Å². The highest BCUT2D eigenvalue weighted by Gasteiger charge is 2.23. The van der Waals surface area contributed by atoms with Crippen LogP contribution in [0.25, 0.3) is 10.9 Å². The van der Waals surface area contributed by atoms with Crippen molar-refractivity contribution in [3.63, 3.8) is 0 Å². The van der Waals surface area contributed by atoms with Crippen LogP contribution in [0.3, 0.4) is 0 Å². The van der Waals surface area contributed by atoms with E-state index in [0.29, 0.717) is 5.92 Å². The Bertz CT molecular complexity index is 538. The fourth-order valence-corrected chi connectivity index (χ4v) is 3.25. The second-order valence-electron chi connectivity index (χ2n) is 5.62. The molecule has 1 N–H and O–H groups in total. The van der Waals surface area contributed by atoms with Crippen LogP contribution in [0.4, 0.5) is 0 Å². The standard InChI is InChI=1S/C17H21NO/c19-17(14-7-3-1-2-4-8-14)15-11-5-9-13-10-6-12-18-16(13)15/h5-6,9-12,14,17,19H,1-4,7-8H2. The summed E-state index contributed by atoms with van der Waals surface area (Å²) < 4.78 is 0. The highest BCUT2D eigenvalue weighted by atomic mass is 16.3. The lowest BCUT2D eigenvalue weighted by Gasteiger charge is -2.22. The Kier molecular flexibility index (Phi) is 3.79. The summed E-state index contributed by atoms with van der Waals surface area (Å²) in [5, 5.41) is 11.8. The summed E-state index contributed by atoms with van der Waals surface area (Å²) in [4.78, 5) is 4.46. The van der Waals surface area contributed by atoms with Crippen LogP contribution >= 0.6 is 0 Å². The molecule has 1 saturated carbocycles. The molecule has 1 aliphatic carbocycles. The van der Waals surface area contributed by atoms with E-state index in [0.717, 1.165) is 29.3 Å². The van der Waals surface area contributed by atoms with E-state index in [-0.39, 0.29) is 6.10 Å². The first kappa shape index (κ1) is 12.6. The number of para-hydroxylation sites is 1. The van der Waals surface area contributed by atoms with Crippen LogP contribution < -0.4 is 0 Å². The SMILES string of the molecule is OC(c1cccc2cccnc12)C1CCCCCC1. The lowest BCUT2D eigenvalue weighted by atomic mass is 9.88. The summed E-state index contributed by atoms with van der Waals surface area (Å²) in [6.45, 7) is 0. The third kappa shape index (κ3) is 2.64. The molecule has 1 aromatic heterocycles. The zero-order chi connectivity index (χ0) is 13.1. The molecule has 1 atom stereocenters. The van der Waals surface area contributed by atoms with Crippen molar-refractivity contribution >= 4 is 10.9 Å². The molecule has 0 saturated heterocycles. The Morgan fingerprint density at radius 2 is 1.74 bits per heavy atom. The molecule has 0 amide bonds. The van der Waals surface area contributed by atoms with E-state index in [1.165, 1.54) is 25.7 Å². The van der Waals surface area contributed by atoms with Crippen LogP contribution in [-0.4, -0.2) is 10.1 Å². The summed E-state index contributed by atoms with van der Waals surface area (Å²) in [6, 6.07) is 10.1. The number of hydrogen-bond acceptors (Lipinski definition) is 2. The van der Waals surface area contributed by atoms with Crippen LogP contribution in [0.2, 0.25) is 0 Å². The predicted octanol–water partition coefficient (Wildman–Crippen LogP) is 4.24. The minimum Gasteiger partial charge on any atom is -0.388 e. The first-order valence-corrected chi connectivity index (χ1v) is 7.38. The topological polar surface area (TPSA) is 33.1 Å². The van der Waals surface area contributed by atoms with Crippen molar-refractivity contribution in [2.45, 2.75) is 44.6 Å². The first-order chi connectivity index (χ1) is 9.36. The van der Waals surface area contributed by atoms with E-state index >= 15 is 0 Å². The van der Waals surface area contributed by atoms with Crippen molar-refractivity contribution in [1.82, 2.24) is 4.98 Å². The zero-order valence-corrected chi connectivity index (χ0v) is 11.3. The largest absolute Gasteiger partial charge is 0.388 e. The number of benzene rings is 1. The molecule has 1 unspecified atom stereocenters. The van der Waals surface area contributed by atoms with Gasteiger partial charge < -0.3 is 5.11 Å². The van der Waals surface area contributed by atoms with Gasteiger partial charge in [0.1, 0.15) is 0 Å². The number of aromatic nitrogens is 1. The van der Waals surface area contributed by atoms with Gasteiger partial charge in [0.15, 0.2) is 0 Å². The van der Waals surface area contributed by atoms with Crippen LogP contribution in [0, 0.1) is 5.92 Å². The molecule has 1 aliphatic rings. The van der Waals surface area contributed by atoms with Gasteiger partial charge in [0.05, 0.1) is 11.6 Å². The van der Waals surface area contributed by atoms with Crippen molar-refractivity contribution in [2.24, 2.45) is 5.92 Å². The van der Waals surface area contributed by atoms with E-state index < -0.39 is 0 Å². The van der Waals surface area contributed by atoms with Crippen LogP contribution in [-0.2, 0) is 0 Å². The number of aliphatic hydroxyl groups excluding tert-OH is 1. The maximum atomic E-state index is 10.7. The van der Waals surface area contributed by atoms with Crippen LogP contribution in [0.1, 0.15) is 50.2 Å². The lowest BCUT2D eigenvalue weighted by molar-refractivity contribution is 0.0999. The predicted molar refractivity (Wildman–Crippen MR) is 77.9 cm³/mol. The Labute approximate surface area is 114 Å². The number of fused-ring (bicyclic) bond motifs is 1. The van der Waals surface area contributed by atoms with Crippen molar-refractivity contribution in [1.29, 1.82) is 0 Å². The molecule has 1 aromatic carbocycles. The monoisotopic (exact) mass is 255 g/mol. The molecule has 0 aliphatic heterocycles. The fourth-order valence-electron chi connectivity index (χ4n) is 3.25. The van der Waals surface area contributed by atoms with Gasteiger partial charge in [0.25, 0.3) is 0 Å². The minimum absolute atomic E-state index is 0.364. The number of nitrogens with zero attached hydrogens (tertiary/aromatic N) is 1. The molecule has 0 radical (unpaired) electrons. The maximum absolute atomic E-state index is 10.7. The lowest BCUT2D eigenvalue weighted by Crippen LogP contribution is -2.12. The molecule has 1 heterocycles. The highest BCUT2D eigenvalue weighted by molar-refractivity contribution is 5.81. The molecule has 19 heavy (non-hydrogen) atoms. The number of aliphatic hydroxyl groups is 1. The molecule has 2 aromatic rings. The van der Waals surface area contributed by atoms with Gasteiger partial charge >= 0.3 is 0 Å². The van der Waals surface area contributed by atoms with Gasteiger partial charge in [-0.05, 0) is 24.8 Å². The summed E-state index contributed by atoms with van der Waals surface area (Å²) in [5.41, 5.74) is 1.96. The minimum atomic E-state index is -0.364. The Balaban J connectivity index is 1.94. The normalized spacial score (nSPS) is 19.2. The average molecular weight is 255 g/mol. The summed E-state index contributed by atoms with van der Waals surface area (Å²) in [5.74, 6) is 0.398. The Morgan fingerprint density at radius 1 is 1.00 bits per heavy atom. The number of pyridine rings is 1. The van der Waals surface area contributed by atoms with Gasteiger partial charge in [0, 0.05) is 17.1 Å². The summed E-state index contributed by atoms with van der Waals surface area (Å²) in [6.07, 6.45) is 8.87. The molecule has 1 fully saturated rings. The Hall–Kier alpha value is -1.41. The summed E-state index contributed by atoms with van der Waals surface area (Å²) in [7, 11) is 0. The van der Waals surface area contributed by atoms with Gasteiger partial charge in [0.2, 0.25) is 0 Å². The van der Waals surface area contributed by atoms with Crippen LogP contribution in [0.5, 0.6) is 0 Å². The number of hydrogen-bond donors (Lipinski definition) is 1. The number of rotatable bonds is 2. The third-order valence-corrected chi connectivity index (χ3v) is 4.33. The van der Waals surface area contributed by atoms with E-state index in [4.69, 9.17) is 0 Å². The fraction of sp³-hybridized carbons (Fsp3) is 0.471. The molecular weight excluding hydrogens is 234 g/mol. The van der Waals surface area contributed by atoms with Gasteiger partial charge in [-0.2, -0.15) is 0 Å². The van der Waals surface area contributed by atoms with Gasteiger partial charge in [-0.3, -0.25) is 4.98 Å². The quantitative estimate of drug-likeness (QED) is 0.814.